The quantitative estimate of drug-likeness (QED) is 0.847. The number of carbonyl (C=O) groups excluding carboxylic acids is 2. The van der Waals surface area contributed by atoms with Gasteiger partial charge in [-0.15, -0.1) is 11.8 Å². The van der Waals surface area contributed by atoms with Crippen LogP contribution in [0.1, 0.15) is 37.0 Å². The largest absolute Gasteiger partial charge is 0.396 e. The molecule has 4 nitrogen and oxygen atoms in total. The van der Waals surface area contributed by atoms with Crippen LogP contribution in [0.5, 0.6) is 0 Å². The number of Topliss-reactive ketones (excluding diaryl/α,β-unsaturated/α-hetero) is 1. The fourth-order valence-corrected chi connectivity index (χ4v) is 3.46. The molecule has 1 aliphatic rings. The predicted octanol–water partition coefficient (Wildman–Crippen LogP) is 2.49. The number of hydrogen-bond acceptors (Lipinski definition) is 4. The Kier molecular flexibility index (Phi) is 4.83. The van der Waals surface area contributed by atoms with E-state index in [0.717, 1.165) is 17.0 Å². The number of thioether (sulfide) groups is 1. The van der Waals surface area contributed by atoms with Gasteiger partial charge in [0.25, 0.3) is 0 Å². The molecule has 0 spiro atoms. The van der Waals surface area contributed by atoms with Crippen LogP contribution in [0.25, 0.3) is 0 Å². The standard InChI is InChI=1S/C15H19NO3S/c1-3-13-15(19)16(7-4-8-17)12-6-5-11(10(2)18)9-14(12)20-13/h5-6,9,13,17H,3-4,7-8H2,1-2H3. The van der Waals surface area contributed by atoms with Gasteiger partial charge in [0.1, 0.15) is 0 Å². The fraction of sp³-hybridized carbons (Fsp3) is 0.467. The number of hydrogen-bond donors (Lipinski definition) is 1. The number of fused-ring (bicyclic) bond motifs is 1. The summed E-state index contributed by atoms with van der Waals surface area (Å²) in [6, 6.07) is 5.46. The van der Waals surface area contributed by atoms with Crippen LogP contribution in [0.3, 0.4) is 0 Å². The van der Waals surface area contributed by atoms with E-state index < -0.39 is 0 Å². The van der Waals surface area contributed by atoms with Crippen LogP contribution >= 0.6 is 11.8 Å². The molecule has 108 valence electrons. The average molecular weight is 293 g/mol. The zero-order valence-electron chi connectivity index (χ0n) is 11.8. The van der Waals surface area contributed by atoms with Crippen LogP contribution in [0.4, 0.5) is 5.69 Å². The minimum Gasteiger partial charge on any atom is -0.396 e. The maximum Gasteiger partial charge on any atom is 0.240 e. The Balaban J connectivity index is 2.39. The van der Waals surface area contributed by atoms with Crippen molar-refractivity contribution in [1.82, 2.24) is 0 Å². The molecule has 0 aromatic heterocycles. The van der Waals surface area contributed by atoms with Gasteiger partial charge in [0.15, 0.2) is 5.78 Å². The highest BCUT2D eigenvalue weighted by molar-refractivity contribution is 8.01. The highest BCUT2D eigenvalue weighted by atomic mass is 32.2. The molecule has 1 aliphatic heterocycles. The van der Waals surface area contributed by atoms with Crippen molar-refractivity contribution in [2.75, 3.05) is 18.1 Å². The van der Waals surface area contributed by atoms with Crippen LogP contribution in [-0.2, 0) is 4.79 Å². The normalized spacial score (nSPS) is 18.1. The van der Waals surface area contributed by atoms with E-state index in [9.17, 15) is 9.59 Å². The number of amides is 1. The SMILES string of the molecule is CCC1Sc2cc(C(C)=O)ccc2N(CCCO)C1=O. The lowest BCUT2D eigenvalue weighted by molar-refractivity contribution is -0.118. The Labute approximate surface area is 123 Å². The predicted molar refractivity (Wildman–Crippen MR) is 80.4 cm³/mol. The molecule has 1 heterocycles. The van der Waals surface area contributed by atoms with E-state index >= 15 is 0 Å². The van der Waals surface area contributed by atoms with E-state index in [4.69, 9.17) is 5.11 Å². The van der Waals surface area contributed by atoms with Gasteiger partial charge in [-0.2, -0.15) is 0 Å². The lowest BCUT2D eigenvalue weighted by atomic mass is 10.1. The maximum absolute atomic E-state index is 12.4. The van der Waals surface area contributed by atoms with E-state index in [-0.39, 0.29) is 23.5 Å². The average Bonchev–Trinajstić information content (AvgIpc) is 2.45. The zero-order chi connectivity index (χ0) is 14.7. The molecule has 0 fully saturated rings. The lowest BCUT2D eigenvalue weighted by Crippen LogP contribution is -2.41. The molecular formula is C15H19NO3S. The van der Waals surface area contributed by atoms with Crippen molar-refractivity contribution in [2.24, 2.45) is 0 Å². The summed E-state index contributed by atoms with van der Waals surface area (Å²) in [5, 5.41) is 8.88. The van der Waals surface area contributed by atoms with Crippen LogP contribution in [0.2, 0.25) is 0 Å². The third kappa shape index (κ3) is 2.88. The molecule has 2 rings (SSSR count). The maximum atomic E-state index is 12.4. The fourth-order valence-electron chi connectivity index (χ4n) is 2.26. The van der Waals surface area contributed by atoms with Gasteiger partial charge in [-0.25, -0.2) is 0 Å². The molecule has 1 aromatic carbocycles. The van der Waals surface area contributed by atoms with E-state index in [2.05, 4.69) is 0 Å². The zero-order valence-corrected chi connectivity index (χ0v) is 12.6. The van der Waals surface area contributed by atoms with Crippen LogP contribution in [0.15, 0.2) is 23.1 Å². The van der Waals surface area contributed by atoms with Gasteiger partial charge in [-0.05, 0) is 38.0 Å². The van der Waals surface area contributed by atoms with E-state index in [1.54, 1.807) is 17.9 Å². The van der Waals surface area contributed by atoms with Gasteiger partial charge in [-0.1, -0.05) is 6.92 Å². The Morgan fingerprint density at radius 2 is 2.20 bits per heavy atom. The molecule has 20 heavy (non-hydrogen) atoms. The molecule has 1 amide bonds. The van der Waals surface area contributed by atoms with Crippen molar-refractivity contribution in [3.63, 3.8) is 0 Å². The first-order valence-corrected chi connectivity index (χ1v) is 7.70. The smallest absolute Gasteiger partial charge is 0.240 e. The summed E-state index contributed by atoms with van der Waals surface area (Å²) in [7, 11) is 0. The molecule has 0 aliphatic carbocycles. The summed E-state index contributed by atoms with van der Waals surface area (Å²) in [6.45, 7) is 4.11. The molecule has 0 radical (unpaired) electrons. The highest BCUT2D eigenvalue weighted by Gasteiger charge is 2.32. The van der Waals surface area contributed by atoms with E-state index in [1.807, 2.05) is 19.1 Å². The summed E-state index contributed by atoms with van der Waals surface area (Å²) in [6.07, 6.45) is 1.31. The Morgan fingerprint density at radius 3 is 2.80 bits per heavy atom. The minimum absolute atomic E-state index is 0.0280. The number of nitrogens with zero attached hydrogens (tertiary/aromatic N) is 1. The van der Waals surface area contributed by atoms with Gasteiger partial charge in [0, 0.05) is 23.6 Å². The number of anilines is 1. The number of aliphatic hydroxyl groups is 1. The minimum atomic E-state index is -0.108. The van der Waals surface area contributed by atoms with Crippen molar-refractivity contribution in [3.05, 3.63) is 23.8 Å². The third-order valence-corrected chi connectivity index (χ3v) is 4.78. The summed E-state index contributed by atoms with van der Waals surface area (Å²) in [5.41, 5.74) is 1.52. The molecule has 5 heteroatoms. The van der Waals surface area contributed by atoms with Crippen molar-refractivity contribution < 1.29 is 14.7 Å². The van der Waals surface area contributed by atoms with Crippen molar-refractivity contribution in [1.29, 1.82) is 0 Å². The van der Waals surface area contributed by atoms with Crippen LogP contribution in [-0.4, -0.2) is 35.2 Å². The molecule has 1 atom stereocenters. The van der Waals surface area contributed by atoms with Crippen molar-refractivity contribution in [3.8, 4) is 0 Å². The third-order valence-electron chi connectivity index (χ3n) is 3.38. The van der Waals surface area contributed by atoms with Gasteiger partial charge < -0.3 is 10.0 Å². The van der Waals surface area contributed by atoms with E-state index in [1.165, 1.54) is 11.8 Å². The Morgan fingerprint density at radius 1 is 1.45 bits per heavy atom. The second-order valence-corrected chi connectivity index (χ2v) is 6.07. The molecule has 1 unspecified atom stereocenters. The Bertz CT molecular complexity index is 530. The molecule has 1 N–H and O–H groups in total. The number of rotatable bonds is 5. The van der Waals surface area contributed by atoms with Gasteiger partial charge in [-0.3, -0.25) is 9.59 Å². The molecule has 0 saturated carbocycles. The topological polar surface area (TPSA) is 57.6 Å². The van der Waals surface area contributed by atoms with Crippen LogP contribution in [0, 0.1) is 0 Å². The number of benzene rings is 1. The number of carbonyl (C=O) groups is 2. The second-order valence-electron chi connectivity index (χ2n) is 4.82. The van der Waals surface area contributed by atoms with Crippen molar-refractivity contribution in [2.45, 2.75) is 36.8 Å². The second kappa shape index (κ2) is 6.41. The molecular weight excluding hydrogens is 274 g/mol. The first-order chi connectivity index (χ1) is 9.58. The molecule has 0 bridgehead atoms. The summed E-state index contributed by atoms with van der Waals surface area (Å²) >= 11 is 1.53. The van der Waals surface area contributed by atoms with Crippen molar-refractivity contribution >= 4 is 29.1 Å². The van der Waals surface area contributed by atoms with E-state index in [0.29, 0.717) is 18.5 Å². The number of aliphatic hydroxyl groups excluding tert-OH is 1. The number of ketones is 1. The van der Waals surface area contributed by atoms with Crippen LogP contribution < -0.4 is 4.90 Å². The first kappa shape index (κ1) is 15.1. The summed E-state index contributed by atoms with van der Waals surface area (Å²) < 4.78 is 0. The highest BCUT2D eigenvalue weighted by Crippen LogP contribution is 2.40. The first-order valence-electron chi connectivity index (χ1n) is 6.82. The van der Waals surface area contributed by atoms with Gasteiger partial charge in [0.05, 0.1) is 10.9 Å². The summed E-state index contributed by atoms with van der Waals surface area (Å²) in [5.74, 6) is 0.120. The van der Waals surface area contributed by atoms with Gasteiger partial charge in [0.2, 0.25) is 5.91 Å². The Hall–Kier alpha value is -1.33. The lowest BCUT2D eigenvalue weighted by Gasteiger charge is -2.33. The van der Waals surface area contributed by atoms with Gasteiger partial charge >= 0.3 is 0 Å². The monoisotopic (exact) mass is 293 g/mol. The molecule has 0 saturated heterocycles. The summed E-state index contributed by atoms with van der Waals surface area (Å²) in [4.78, 5) is 26.6. The molecule has 1 aromatic rings.